The molecule has 39 heavy (non-hydrogen) atoms. The number of aromatic amines is 1. The Morgan fingerprint density at radius 2 is 1.74 bits per heavy atom. The lowest BCUT2D eigenvalue weighted by molar-refractivity contribution is -0.0546. The van der Waals surface area contributed by atoms with Crippen LogP contribution >= 0.6 is 23.5 Å². The highest BCUT2D eigenvalue weighted by Crippen LogP contribution is 2.66. The minimum atomic E-state index is -5.81. The van der Waals surface area contributed by atoms with Gasteiger partial charge in [0.05, 0.1) is 6.61 Å². The average Bonchev–Trinajstić information content (AvgIpc) is 3.07. The third-order valence-corrected chi connectivity index (χ3v) is 8.70. The molecule has 1 amide bonds. The monoisotopic (exact) mass is 626 g/mol. The lowest BCUT2D eigenvalue weighted by Gasteiger charge is -2.22. The standard InChI is InChI=1S/C16H29N4O16P3/c17-6-3-1-2-4-7-18-16(24)34-13-10(9-32-38(28,29)36-39(30,31)35-37(25,26)27)33-14(12(13)22)20-8-5-11(21)19-15(20)23/h5,8,10,12-14,22H,1-4,6-7,9,17H2,(H,18,24)(H,28,29)(H,30,31)(H,19,21,23)(H2,25,26,27). The summed E-state index contributed by atoms with van der Waals surface area (Å²) in [5.41, 5.74) is 3.61. The van der Waals surface area contributed by atoms with Crippen molar-refractivity contribution in [3.05, 3.63) is 33.1 Å². The third kappa shape index (κ3) is 11.3. The maximum atomic E-state index is 12.3. The van der Waals surface area contributed by atoms with Gasteiger partial charge in [-0.05, 0) is 19.4 Å². The zero-order valence-corrected chi connectivity index (χ0v) is 22.7. The van der Waals surface area contributed by atoms with Crippen molar-refractivity contribution in [3.8, 4) is 0 Å². The first kappa shape index (κ1) is 33.4. The van der Waals surface area contributed by atoms with Gasteiger partial charge in [-0.1, -0.05) is 12.8 Å². The van der Waals surface area contributed by atoms with E-state index in [-0.39, 0.29) is 6.54 Å². The fourth-order valence-corrected chi connectivity index (χ4v) is 6.34. The number of aromatic nitrogens is 2. The first-order chi connectivity index (χ1) is 18.0. The number of rotatable bonds is 15. The molecule has 0 aliphatic carbocycles. The fraction of sp³-hybridized carbons (Fsp3) is 0.688. The van der Waals surface area contributed by atoms with Gasteiger partial charge in [-0.25, -0.2) is 23.3 Å². The maximum absolute atomic E-state index is 12.3. The van der Waals surface area contributed by atoms with Crippen molar-refractivity contribution >= 4 is 29.6 Å². The number of phosphoric ester groups is 1. The quantitative estimate of drug-likeness (QED) is 0.0833. The molecule has 224 valence electrons. The predicted molar refractivity (Wildman–Crippen MR) is 127 cm³/mol. The Hall–Kier alpha value is -1.76. The highest BCUT2D eigenvalue weighted by Gasteiger charge is 2.49. The number of amides is 1. The number of carbonyl (C=O) groups is 1. The van der Waals surface area contributed by atoms with E-state index in [0.717, 1.165) is 36.1 Å². The highest BCUT2D eigenvalue weighted by molar-refractivity contribution is 7.66. The number of nitrogens with one attached hydrogen (secondary N) is 2. The van der Waals surface area contributed by atoms with E-state index in [2.05, 4.69) is 18.5 Å². The fourth-order valence-electron chi connectivity index (χ4n) is 3.31. The van der Waals surface area contributed by atoms with Crippen LogP contribution in [0.25, 0.3) is 0 Å². The number of H-pyrrole nitrogens is 1. The van der Waals surface area contributed by atoms with Crippen LogP contribution in [0.3, 0.4) is 0 Å². The summed E-state index contributed by atoms with van der Waals surface area (Å²) in [6.45, 7) is -0.384. The van der Waals surface area contributed by atoms with E-state index in [1.807, 2.05) is 4.98 Å². The Balaban J connectivity index is 2.14. The maximum Gasteiger partial charge on any atom is 0.490 e. The molecule has 0 saturated carbocycles. The second-order valence-corrected chi connectivity index (χ2v) is 12.4. The van der Waals surface area contributed by atoms with E-state index in [9.17, 15) is 43.0 Å². The molecule has 0 bridgehead atoms. The van der Waals surface area contributed by atoms with Crippen LogP contribution in [0.15, 0.2) is 21.9 Å². The molecular formula is C16H29N4O16P3. The molecule has 1 aliphatic heterocycles. The smallest absolute Gasteiger partial charge is 0.440 e. The number of aliphatic hydroxyl groups excluding tert-OH is 1. The number of nitrogens with two attached hydrogens (primary N) is 1. The minimum absolute atomic E-state index is 0.183. The topological polar surface area (TPSA) is 308 Å². The number of phosphoric acid groups is 3. The van der Waals surface area contributed by atoms with Gasteiger partial charge in [0.25, 0.3) is 5.56 Å². The van der Waals surface area contributed by atoms with Gasteiger partial charge in [-0.3, -0.25) is 18.9 Å². The van der Waals surface area contributed by atoms with Gasteiger partial charge in [-0.2, -0.15) is 8.62 Å². The lowest BCUT2D eigenvalue weighted by Crippen LogP contribution is -2.42. The van der Waals surface area contributed by atoms with Crippen LogP contribution in [0.5, 0.6) is 0 Å². The molecule has 1 saturated heterocycles. The van der Waals surface area contributed by atoms with Crippen LogP contribution in [0.2, 0.25) is 0 Å². The van der Waals surface area contributed by atoms with Crippen molar-refractivity contribution in [1.29, 1.82) is 0 Å². The van der Waals surface area contributed by atoms with Gasteiger partial charge in [0.15, 0.2) is 12.3 Å². The largest absolute Gasteiger partial charge is 0.490 e. The van der Waals surface area contributed by atoms with E-state index in [4.69, 9.17) is 25.0 Å². The molecule has 1 aromatic rings. The number of ether oxygens (including phenoxy) is 2. The molecule has 6 atom stereocenters. The Kier molecular flexibility index (Phi) is 12.2. The number of alkyl carbamates (subject to hydrolysis) is 1. The van der Waals surface area contributed by atoms with E-state index in [1.165, 1.54) is 0 Å². The Bertz CT molecular complexity index is 1230. The summed E-state index contributed by atoms with van der Waals surface area (Å²) in [5, 5.41) is 13.1. The van der Waals surface area contributed by atoms with Crippen LogP contribution < -0.4 is 22.3 Å². The van der Waals surface area contributed by atoms with Gasteiger partial charge < -0.3 is 45.2 Å². The highest BCUT2D eigenvalue weighted by atomic mass is 31.3. The molecule has 6 unspecified atom stereocenters. The first-order valence-corrected chi connectivity index (χ1v) is 15.6. The Morgan fingerprint density at radius 3 is 2.36 bits per heavy atom. The van der Waals surface area contributed by atoms with E-state index in [0.29, 0.717) is 13.0 Å². The average molecular weight is 626 g/mol. The van der Waals surface area contributed by atoms with Crippen molar-refractivity contribution in [3.63, 3.8) is 0 Å². The van der Waals surface area contributed by atoms with Crippen LogP contribution in [0.1, 0.15) is 31.9 Å². The normalized spacial score (nSPS) is 24.6. The van der Waals surface area contributed by atoms with Crippen molar-refractivity contribution in [2.45, 2.75) is 50.2 Å². The molecule has 1 aliphatic rings. The SMILES string of the molecule is NCCCCCCNC(=O)OC1C(COP(=O)(O)OP(=O)(O)OP(=O)(O)O)OC(n2ccc(=O)[nH]c2=O)C1O. The van der Waals surface area contributed by atoms with Crippen LogP contribution in [-0.2, 0) is 36.3 Å². The number of hydrogen-bond donors (Lipinski definition) is 8. The molecule has 9 N–H and O–H groups in total. The minimum Gasteiger partial charge on any atom is -0.440 e. The van der Waals surface area contributed by atoms with E-state index < -0.39 is 72.0 Å². The molecule has 2 heterocycles. The molecular weight excluding hydrogens is 597 g/mol. The predicted octanol–water partition coefficient (Wildman–Crippen LogP) is -1.25. The summed E-state index contributed by atoms with van der Waals surface area (Å²) >= 11 is 0. The van der Waals surface area contributed by atoms with Crippen LogP contribution in [0.4, 0.5) is 4.79 Å². The zero-order chi connectivity index (χ0) is 29.4. The summed E-state index contributed by atoms with van der Waals surface area (Å²) < 4.78 is 57.4. The number of nitrogens with zero attached hydrogens (tertiary/aromatic N) is 1. The lowest BCUT2D eigenvalue weighted by atomic mass is 10.1. The number of hydrogen-bond acceptors (Lipinski definition) is 13. The second kappa shape index (κ2) is 14.2. The van der Waals surface area contributed by atoms with Crippen molar-refractivity contribution in [1.82, 2.24) is 14.9 Å². The molecule has 2 rings (SSSR count). The van der Waals surface area contributed by atoms with Gasteiger partial charge in [0.1, 0.15) is 12.2 Å². The van der Waals surface area contributed by atoms with Crippen molar-refractivity contribution in [2.75, 3.05) is 19.7 Å². The van der Waals surface area contributed by atoms with Crippen LogP contribution in [-0.4, -0.2) is 78.3 Å². The number of unbranched alkanes of at least 4 members (excludes halogenated alkanes) is 3. The zero-order valence-electron chi connectivity index (χ0n) is 20.0. The van der Waals surface area contributed by atoms with Crippen molar-refractivity contribution in [2.24, 2.45) is 5.73 Å². The summed E-state index contributed by atoms with van der Waals surface area (Å²) in [6, 6.07) is 0.921. The second-order valence-electron chi connectivity index (χ2n) is 7.96. The summed E-state index contributed by atoms with van der Waals surface area (Å²) in [4.78, 5) is 73.9. The molecule has 23 heteroatoms. The Labute approximate surface area is 219 Å². The molecule has 1 aromatic heterocycles. The van der Waals surface area contributed by atoms with Crippen LogP contribution in [0, 0.1) is 0 Å². The number of carbonyl (C=O) groups excluding carboxylic acids is 1. The molecule has 0 aromatic carbocycles. The molecule has 20 nitrogen and oxygen atoms in total. The molecule has 0 spiro atoms. The van der Waals surface area contributed by atoms with Gasteiger partial charge in [0, 0.05) is 18.8 Å². The van der Waals surface area contributed by atoms with E-state index in [1.54, 1.807) is 0 Å². The first-order valence-electron chi connectivity index (χ1n) is 11.1. The summed E-state index contributed by atoms with van der Waals surface area (Å²) in [5.74, 6) is 0. The van der Waals surface area contributed by atoms with Gasteiger partial charge in [0.2, 0.25) is 0 Å². The van der Waals surface area contributed by atoms with E-state index >= 15 is 0 Å². The number of aliphatic hydroxyl groups is 1. The Morgan fingerprint density at radius 1 is 1.08 bits per heavy atom. The summed E-state index contributed by atoms with van der Waals surface area (Å²) in [7, 11) is -17.0. The van der Waals surface area contributed by atoms with Crippen molar-refractivity contribution < 1.29 is 65.8 Å². The molecule has 1 fully saturated rings. The van der Waals surface area contributed by atoms with Gasteiger partial charge in [-0.15, -0.1) is 0 Å². The third-order valence-electron chi connectivity index (χ3n) is 4.90. The summed E-state index contributed by atoms with van der Waals surface area (Å²) in [6.07, 6.45) is -3.83. The van der Waals surface area contributed by atoms with Gasteiger partial charge >= 0.3 is 35.3 Å². The molecule has 0 radical (unpaired) electrons.